The number of aliphatic hydroxyl groups excluding tert-OH is 1. The second kappa shape index (κ2) is 7.73. The second-order valence-corrected chi connectivity index (χ2v) is 5.68. The molecule has 0 atom stereocenters. The highest BCUT2D eigenvalue weighted by Gasteiger charge is 2.26. The molecule has 1 aromatic heterocycles. The van der Waals surface area contributed by atoms with E-state index in [1.54, 1.807) is 19.4 Å². The first kappa shape index (κ1) is 16.9. The number of hydrogen-bond donors (Lipinski definition) is 3. The van der Waals surface area contributed by atoms with Crippen molar-refractivity contribution in [2.24, 2.45) is 0 Å². The van der Waals surface area contributed by atoms with Gasteiger partial charge in [-0.15, -0.1) is 0 Å². The summed E-state index contributed by atoms with van der Waals surface area (Å²) in [5.41, 5.74) is 3.71. The number of anilines is 1. The lowest BCUT2D eigenvalue weighted by molar-refractivity contribution is -0.110. The minimum absolute atomic E-state index is 0.152. The van der Waals surface area contributed by atoms with Crippen molar-refractivity contribution in [1.82, 2.24) is 4.98 Å². The number of methoxy groups -OCH3 is 1. The van der Waals surface area contributed by atoms with E-state index >= 15 is 0 Å². The number of aromatic amines is 1. The van der Waals surface area contributed by atoms with Gasteiger partial charge in [-0.05, 0) is 37.1 Å². The van der Waals surface area contributed by atoms with Gasteiger partial charge in [-0.3, -0.25) is 4.79 Å². The van der Waals surface area contributed by atoms with Crippen molar-refractivity contribution in [3.63, 3.8) is 0 Å². The molecule has 5 heteroatoms. The lowest BCUT2D eigenvalue weighted by Crippen LogP contribution is -2.03. The number of hydrogen-bond acceptors (Lipinski definition) is 3. The molecule has 1 aromatic carbocycles. The van der Waals surface area contributed by atoms with E-state index in [-0.39, 0.29) is 12.5 Å². The number of carbonyl (C=O) groups excluding carboxylic acids is 1. The molecule has 5 nitrogen and oxygen atoms in total. The molecule has 0 unspecified atom stereocenters. The van der Waals surface area contributed by atoms with Gasteiger partial charge >= 0.3 is 0 Å². The first-order chi connectivity index (χ1) is 12.2. The van der Waals surface area contributed by atoms with Crippen LogP contribution in [0, 0.1) is 11.8 Å². The normalized spacial score (nSPS) is 14.0. The monoisotopic (exact) mass is 336 g/mol. The largest absolute Gasteiger partial charge is 0.495 e. The maximum absolute atomic E-state index is 12.4. The number of rotatable bonds is 5. The van der Waals surface area contributed by atoms with Crippen molar-refractivity contribution in [3.05, 3.63) is 47.3 Å². The highest BCUT2D eigenvalue weighted by atomic mass is 16.5. The Morgan fingerprint density at radius 1 is 1.28 bits per heavy atom. The standard InChI is InChI=1S/C20H20N2O3/c1-25-18-10-11-21-17(18)13-15-19-14(7-4-2-3-5-12-23)8-6-9-16(19)22-20(15)24/h6,8-11,13,21,23H,2-3,5,12H2,1H3,(H,22,24). The number of aromatic nitrogens is 1. The van der Waals surface area contributed by atoms with Gasteiger partial charge in [-0.2, -0.15) is 0 Å². The van der Waals surface area contributed by atoms with Crippen LogP contribution >= 0.6 is 0 Å². The maximum atomic E-state index is 12.4. The van der Waals surface area contributed by atoms with Crippen LogP contribution in [0.5, 0.6) is 5.75 Å². The molecule has 1 aliphatic heterocycles. The molecular formula is C20H20N2O3. The Labute approximate surface area is 146 Å². The Morgan fingerprint density at radius 2 is 2.16 bits per heavy atom. The van der Waals surface area contributed by atoms with E-state index in [0.29, 0.717) is 11.3 Å². The lowest BCUT2D eigenvalue weighted by atomic mass is 9.99. The highest BCUT2D eigenvalue weighted by molar-refractivity contribution is 6.35. The Morgan fingerprint density at radius 3 is 2.96 bits per heavy atom. The summed E-state index contributed by atoms with van der Waals surface area (Å²) in [6.07, 6.45) is 5.88. The fourth-order valence-corrected chi connectivity index (χ4v) is 2.78. The SMILES string of the molecule is COc1cc[nH]c1C=C1C(=O)Nc2cccc(C#CCCCCO)c21. The Balaban J connectivity index is 1.96. The molecule has 0 bridgehead atoms. The number of aliphatic hydroxyl groups is 1. The summed E-state index contributed by atoms with van der Waals surface area (Å²) in [5.74, 6) is 6.81. The average Bonchev–Trinajstić information content (AvgIpc) is 3.19. The minimum atomic E-state index is -0.152. The van der Waals surface area contributed by atoms with Gasteiger partial charge in [0, 0.05) is 30.4 Å². The third kappa shape index (κ3) is 3.59. The summed E-state index contributed by atoms with van der Waals surface area (Å²) in [6, 6.07) is 7.48. The summed E-state index contributed by atoms with van der Waals surface area (Å²) in [5, 5.41) is 11.7. The van der Waals surface area contributed by atoms with E-state index in [2.05, 4.69) is 22.1 Å². The number of amides is 1. The molecular weight excluding hydrogens is 316 g/mol. The predicted octanol–water partition coefficient (Wildman–Crippen LogP) is 3.03. The van der Waals surface area contributed by atoms with Gasteiger partial charge in [0.15, 0.2) is 0 Å². The summed E-state index contributed by atoms with van der Waals surface area (Å²) in [4.78, 5) is 15.5. The van der Waals surface area contributed by atoms with E-state index in [0.717, 1.165) is 41.8 Å². The zero-order valence-corrected chi connectivity index (χ0v) is 14.1. The number of carbonyl (C=O) groups is 1. The quantitative estimate of drug-likeness (QED) is 0.446. The fraction of sp³-hybridized carbons (Fsp3) is 0.250. The molecule has 2 aromatic rings. The molecule has 3 N–H and O–H groups in total. The number of unbranched alkanes of at least 4 members (excludes halogenated alkanes) is 2. The first-order valence-corrected chi connectivity index (χ1v) is 8.22. The highest BCUT2D eigenvalue weighted by Crippen LogP contribution is 2.36. The molecule has 0 aliphatic carbocycles. The van der Waals surface area contributed by atoms with Crippen molar-refractivity contribution < 1.29 is 14.6 Å². The maximum Gasteiger partial charge on any atom is 0.256 e. The lowest BCUT2D eigenvalue weighted by Gasteiger charge is -2.03. The van der Waals surface area contributed by atoms with Crippen molar-refractivity contribution in [2.45, 2.75) is 19.3 Å². The number of benzene rings is 1. The van der Waals surface area contributed by atoms with Crippen LogP contribution in [0.25, 0.3) is 11.6 Å². The third-order valence-corrected chi connectivity index (χ3v) is 4.01. The number of H-pyrrole nitrogens is 1. The van der Waals surface area contributed by atoms with Gasteiger partial charge in [-0.1, -0.05) is 17.9 Å². The van der Waals surface area contributed by atoms with Crippen LogP contribution in [-0.4, -0.2) is 29.7 Å². The summed E-state index contributed by atoms with van der Waals surface area (Å²) < 4.78 is 5.30. The van der Waals surface area contributed by atoms with Crippen molar-refractivity contribution in [1.29, 1.82) is 0 Å². The van der Waals surface area contributed by atoms with Crippen LogP contribution in [0.4, 0.5) is 5.69 Å². The van der Waals surface area contributed by atoms with Crippen molar-refractivity contribution >= 4 is 23.2 Å². The van der Waals surface area contributed by atoms with E-state index in [1.807, 2.05) is 24.3 Å². The van der Waals surface area contributed by atoms with Gasteiger partial charge in [0.1, 0.15) is 5.75 Å². The van der Waals surface area contributed by atoms with Gasteiger partial charge in [0.2, 0.25) is 0 Å². The molecule has 128 valence electrons. The zero-order valence-electron chi connectivity index (χ0n) is 14.1. The van der Waals surface area contributed by atoms with Crippen LogP contribution in [0.15, 0.2) is 30.5 Å². The minimum Gasteiger partial charge on any atom is -0.495 e. The molecule has 0 spiro atoms. The van der Waals surface area contributed by atoms with E-state index in [4.69, 9.17) is 9.84 Å². The summed E-state index contributed by atoms with van der Waals surface area (Å²) >= 11 is 0. The molecule has 0 radical (unpaired) electrons. The fourth-order valence-electron chi connectivity index (χ4n) is 2.78. The molecule has 2 heterocycles. The molecule has 3 rings (SSSR count). The van der Waals surface area contributed by atoms with Gasteiger partial charge < -0.3 is 20.1 Å². The van der Waals surface area contributed by atoms with Gasteiger partial charge in [-0.25, -0.2) is 0 Å². The first-order valence-electron chi connectivity index (χ1n) is 8.22. The molecule has 0 saturated carbocycles. The van der Waals surface area contributed by atoms with E-state index in [9.17, 15) is 4.79 Å². The van der Waals surface area contributed by atoms with Crippen molar-refractivity contribution in [2.75, 3.05) is 19.0 Å². The topological polar surface area (TPSA) is 74.4 Å². The van der Waals surface area contributed by atoms with Gasteiger partial charge in [0.25, 0.3) is 5.91 Å². The van der Waals surface area contributed by atoms with E-state index in [1.165, 1.54) is 0 Å². The average molecular weight is 336 g/mol. The van der Waals surface area contributed by atoms with Crippen LogP contribution in [0.3, 0.4) is 0 Å². The number of fused-ring (bicyclic) bond motifs is 1. The third-order valence-electron chi connectivity index (χ3n) is 4.01. The van der Waals surface area contributed by atoms with Gasteiger partial charge in [0.05, 0.1) is 24.1 Å². The molecule has 0 saturated heterocycles. The summed E-state index contributed by atoms with van der Waals surface area (Å²) in [7, 11) is 1.59. The van der Waals surface area contributed by atoms with Crippen LogP contribution < -0.4 is 10.1 Å². The molecule has 1 aliphatic rings. The Bertz CT molecular complexity index is 869. The second-order valence-electron chi connectivity index (χ2n) is 5.68. The Hall–Kier alpha value is -2.97. The Kier molecular flexibility index (Phi) is 5.22. The van der Waals surface area contributed by atoms with E-state index < -0.39 is 0 Å². The summed E-state index contributed by atoms with van der Waals surface area (Å²) in [6.45, 7) is 0.186. The van der Waals surface area contributed by atoms with Crippen LogP contribution in [0.2, 0.25) is 0 Å². The smallest absolute Gasteiger partial charge is 0.256 e. The van der Waals surface area contributed by atoms with Crippen molar-refractivity contribution in [3.8, 4) is 17.6 Å². The van der Waals surface area contributed by atoms with Crippen LogP contribution in [0.1, 0.15) is 36.1 Å². The zero-order chi connectivity index (χ0) is 17.6. The molecule has 0 fully saturated rings. The molecule has 1 amide bonds. The van der Waals surface area contributed by atoms with Crippen LogP contribution in [-0.2, 0) is 4.79 Å². The molecule has 25 heavy (non-hydrogen) atoms. The number of nitrogens with one attached hydrogen (secondary N) is 2. The predicted molar refractivity (Wildman–Crippen MR) is 98.1 cm³/mol. The number of ether oxygens (including phenoxy) is 1.